The van der Waals surface area contributed by atoms with Crippen molar-refractivity contribution in [3.63, 3.8) is 0 Å². The fourth-order valence-corrected chi connectivity index (χ4v) is 8.81. The molecule has 0 unspecified atom stereocenters. The minimum atomic E-state index is -0.456. The fraction of sp³-hybridized carbons (Fsp3) is 0.148. The molecule has 1 fully saturated rings. The van der Waals surface area contributed by atoms with E-state index in [1.165, 1.54) is 0 Å². The predicted molar refractivity (Wildman–Crippen MR) is 273 cm³/mol. The van der Waals surface area contributed by atoms with E-state index in [9.17, 15) is 0 Å². The third kappa shape index (κ3) is 7.60. The van der Waals surface area contributed by atoms with Crippen LogP contribution in [0.3, 0.4) is 0 Å². The van der Waals surface area contributed by atoms with Gasteiger partial charge in [0, 0.05) is 57.4 Å². The van der Waals surface area contributed by atoms with Crippen LogP contribution in [0.4, 0.5) is 0 Å². The molecule has 9 heterocycles. The van der Waals surface area contributed by atoms with Crippen molar-refractivity contribution in [2.75, 3.05) is 14.2 Å². The zero-order chi connectivity index (χ0) is 46.7. The first-order valence-electron chi connectivity index (χ1n) is 22.0. The third-order valence-electron chi connectivity index (χ3n) is 12.7. The van der Waals surface area contributed by atoms with Gasteiger partial charge in [-0.1, -0.05) is 60.7 Å². The number of aromatic nitrogens is 6. The molecule has 8 aromatic heterocycles. The lowest BCUT2D eigenvalue weighted by molar-refractivity contribution is 0.00578. The molecule has 1 saturated heterocycles. The quantitative estimate of drug-likeness (QED) is 0.0942. The van der Waals surface area contributed by atoms with Gasteiger partial charge in [0.1, 0.15) is 38.3 Å². The second-order valence-corrected chi connectivity index (χ2v) is 18.2. The van der Waals surface area contributed by atoms with Gasteiger partial charge in [0.2, 0.25) is 0 Å². The molecule has 334 valence electrons. The molecule has 0 spiro atoms. The van der Waals surface area contributed by atoms with Gasteiger partial charge in [-0.15, -0.1) is 0 Å². The van der Waals surface area contributed by atoms with Gasteiger partial charge in [0.15, 0.2) is 11.2 Å². The van der Waals surface area contributed by atoms with Gasteiger partial charge in [0.25, 0.3) is 0 Å². The number of ether oxygens (including phenoxy) is 2. The smallest absolute Gasteiger partial charge is 0.496 e. The Morgan fingerprint density at radius 3 is 1.56 bits per heavy atom. The summed E-state index contributed by atoms with van der Waals surface area (Å²) in [4.78, 5) is 27.5. The van der Waals surface area contributed by atoms with E-state index in [-0.39, 0.29) is 11.2 Å². The Balaban J connectivity index is 0.000000117. The van der Waals surface area contributed by atoms with Crippen molar-refractivity contribution >= 4 is 116 Å². The van der Waals surface area contributed by atoms with E-state index >= 15 is 0 Å². The minimum Gasteiger partial charge on any atom is -0.496 e. The molecule has 1 aliphatic rings. The number of pyridine rings is 6. The normalized spacial score (nSPS) is 14.2. The first kappa shape index (κ1) is 43.1. The van der Waals surface area contributed by atoms with E-state index in [2.05, 4.69) is 71.2 Å². The zero-order valence-electron chi connectivity index (χ0n) is 37.9. The molecule has 0 atom stereocenters. The first-order valence-corrected chi connectivity index (χ1v) is 22.8. The summed E-state index contributed by atoms with van der Waals surface area (Å²) in [7, 11) is 2.84. The Morgan fingerprint density at radius 1 is 0.485 bits per heavy atom. The Morgan fingerprint density at radius 2 is 0.985 bits per heavy atom. The maximum absolute atomic E-state index is 6.09. The van der Waals surface area contributed by atoms with Gasteiger partial charge < -0.3 is 27.6 Å². The SMILES string of the molecule is Brc1ccc2ccc3cccnc3c2n1.COc1cccc2oc3cc(-c4ccc5ccc6cccnc6c5n4)cnc3c12.COc1cccc2oc3cc(B4OC(C)(C)C(C)(C)O4)cnc3c12. The van der Waals surface area contributed by atoms with Crippen LogP contribution in [0.25, 0.3) is 99.0 Å². The summed E-state index contributed by atoms with van der Waals surface area (Å²) >= 11 is 3.38. The number of fused-ring (bicyclic) bond motifs is 12. The Kier molecular flexibility index (Phi) is 10.8. The van der Waals surface area contributed by atoms with Crippen molar-refractivity contribution in [1.29, 1.82) is 0 Å². The van der Waals surface area contributed by atoms with Gasteiger partial charge in [-0.05, 0) is 104 Å². The van der Waals surface area contributed by atoms with Crippen LogP contribution >= 0.6 is 15.9 Å². The maximum Gasteiger partial charge on any atom is 0.496 e. The van der Waals surface area contributed by atoms with Gasteiger partial charge in [-0.3, -0.25) is 19.9 Å². The molecular weight excluding hydrogens is 919 g/mol. The Bertz CT molecular complexity index is 3900. The molecule has 0 amide bonds. The highest BCUT2D eigenvalue weighted by Gasteiger charge is 2.52. The van der Waals surface area contributed by atoms with Crippen LogP contribution in [0, 0.1) is 0 Å². The Hall–Kier alpha value is -7.52. The molecule has 4 aromatic carbocycles. The summed E-state index contributed by atoms with van der Waals surface area (Å²) in [6, 6.07) is 39.7. The van der Waals surface area contributed by atoms with Crippen LogP contribution in [0.15, 0.2) is 160 Å². The lowest BCUT2D eigenvalue weighted by Gasteiger charge is -2.32. The van der Waals surface area contributed by atoms with E-state index in [0.717, 1.165) is 109 Å². The minimum absolute atomic E-state index is 0.385. The van der Waals surface area contributed by atoms with Crippen LogP contribution in [0.2, 0.25) is 0 Å². The van der Waals surface area contributed by atoms with Crippen LogP contribution in [-0.4, -0.2) is 62.4 Å². The van der Waals surface area contributed by atoms with E-state index in [1.807, 2.05) is 125 Å². The second-order valence-electron chi connectivity index (χ2n) is 17.4. The lowest BCUT2D eigenvalue weighted by atomic mass is 9.80. The molecule has 0 N–H and O–H groups in total. The van der Waals surface area contributed by atoms with Crippen LogP contribution in [-0.2, 0) is 9.31 Å². The molecule has 13 rings (SSSR count). The molecule has 14 heteroatoms. The van der Waals surface area contributed by atoms with Crippen molar-refractivity contribution in [3.05, 3.63) is 151 Å². The largest absolute Gasteiger partial charge is 0.496 e. The third-order valence-corrected chi connectivity index (χ3v) is 13.1. The van der Waals surface area contributed by atoms with E-state index in [4.69, 9.17) is 32.6 Å². The summed E-state index contributed by atoms with van der Waals surface area (Å²) in [6.45, 7) is 8.13. The number of rotatable bonds is 4. The summed E-state index contributed by atoms with van der Waals surface area (Å²) in [6.07, 6.45) is 7.21. The number of halogens is 1. The van der Waals surface area contributed by atoms with Gasteiger partial charge >= 0.3 is 7.12 Å². The monoisotopic (exact) mass is 960 g/mol. The highest BCUT2D eigenvalue weighted by Crippen LogP contribution is 2.39. The zero-order valence-corrected chi connectivity index (χ0v) is 39.5. The van der Waals surface area contributed by atoms with Crippen molar-refractivity contribution in [2.45, 2.75) is 38.9 Å². The molecule has 0 radical (unpaired) electrons. The molecule has 12 aromatic rings. The highest BCUT2D eigenvalue weighted by atomic mass is 79.9. The molecule has 68 heavy (non-hydrogen) atoms. The average Bonchev–Trinajstić information content (AvgIpc) is 4.01. The highest BCUT2D eigenvalue weighted by molar-refractivity contribution is 9.10. The van der Waals surface area contributed by atoms with Crippen LogP contribution in [0.1, 0.15) is 27.7 Å². The second kappa shape index (κ2) is 17.0. The van der Waals surface area contributed by atoms with Gasteiger partial charge in [-0.25, -0.2) is 9.97 Å². The van der Waals surface area contributed by atoms with Crippen molar-refractivity contribution in [1.82, 2.24) is 29.9 Å². The van der Waals surface area contributed by atoms with Crippen molar-refractivity contribution < 1.29 is 27.6 Å². The number of methoxy groups -OCH3 is 2. The van der Waals surface area contributed by atoms with E-state index in [1.54, 1.807) is 32.8 Å². The van der Waals surface area contributed by atoms with Gasteiger partial charge in [0.05, 0.1) is 64.0 Å². The summed E-state index contributed by atoms with van der Waals surface area (Å²) in [5.41, 5.74) is 9.96. The molecule has 1 aliphatic heterocycles. The average molecular weight is 962 g/mol. The summed E-state index contributed by atoms with van der Waals surface area (Å²) in [5.74, 6) is 1.50. The maximum atomic E-state index is 6.09. The number of hydrogen-bond donors (Lipinski definition) is 0. The fourth-order valence-electron chi connectivity index (χ4n) is 8.50. The topological polar surface area (TPSA) is 141 Å². The predicted octanol–water partition coefficient (Wildman–Crippen LogP) is 12.6. The lowest BCUT2D eigenvalue weighted by Crippen LogP contribution is -2.41. The van der Waals surface area contributed by atoms with Crippen LogP contribution in [0.5, 0.6) is 11.5 Å². The van der Waals surface area contributed by atoms with Gasteiger partial charge in [-0.2, -0.15) is 0 Å². The van der Waals surface area contributed by atoms with Crippen molar-refractivity contribution in [3.8, 4) is 22.8 Å². The summed E-state index contributed by atoms with van der Waals surface area (Å²) < 4.78 is 35.9. The standard InChI is InChI=1S/C24H15N3O2.C18H20BNO4.C12H7BrN2/c1-28-18-5-2-6-19-21(18)24-20(29-19)12-16(13-26-24)17-10-9-15-8-7-14-4-3-11-25-22(14)23(15)27-17;1-17(2)18(3,4)24-19(23-17)11-9-14-16(20-10-11)15-12(21-5)7-6-8-13(15)22-14;13-10-6-5-9-4-3-8-2-1-7-14-11(8)12(9)15-10/h2-13H,1H3;6-10H,1-5H3;1-7H. The molecule has 0 saturated carbocycles. The number of furan rings is 2. The van der Waals surface area contributed by atoms with E-state index in [0.29, 0.717) is 11.2 Å². The molecular formula is C54H42BBrN6O6. The van der Waals surface area contributed by atoms with E-state index < -0.39 is 7.12 Å². The first-order chi connectivity index (χ1) is 33.0. The van der Waals surface area contributed by atoms with Crippen molar-refractivity contribution in [2.24, 2.45) is 0 Å². The molecule has 0 bridgehead atoms. The number of benzene rings is 4. The molecule has 0 aliphatic carbocycles. The number of nitrogens with zero attached hydrogens (tertiary/aromatic N) is 6. The molecule has 12 nitrogen and oxygen atoms in total. The van der Waals surface area contributed by atoms with Crippen LogP contribution < -0.4 is 14.9 Å². The number of hydrogen-bond acceptors (Lipinski definition) is 12. The summed E-state index contributed by atoms with van der Waals surface area (Å²) in [5, 5.41) is 6.14. The Labute approximate surface area is 398 Å².